The minimum absolute atomic E-state index is 0.330. The van der Waals surface area contributed by atoms with Gasteiger partial charge in [-0.1, -0.05) is 13.8 Å². The van der Waals surface area contributed by atoms with Gasteiger partial charge in [0, 0.05) is 32.3 Å². The van der Waals surface area contributed by atoms with Crippen LogP contribution in [0, 0.1) is 0 Å². The fourth-order valence-electron chi connectivity index (χ4n) is 2.80. The van der Waals surface area contributed by atoms with Crippen LogP contribution >= 0.6 is 0 Å². The Kier molecular flexibility index (Phi) is 3.51. The van der Waals surface area contributed by atoms with Gasteiger partial charge in [0.05, 0.1) is 6.04 Å². The molecule has 0 bridgehead atoms. The summed E-state index contributed by atoms with van der Waals surface area (Å²) in [7, 11) is 2.09. The molecule has 4 heterocycles. The lowest BCUT2D eigenvalue weighted by Crippen LogP contribution is -2.59. The summed E-state index contributed by atoms with van der Waals surface area (Å²) >= 11 is 0. The predicted molar refractivity (Wildman–Crippen MR) is 91.3 cm³/mol. The molecule has 0 radical (unpaired) electrons. The molecule has 24 heavy (non-hydrogen) atoms. The van der Waals surface area contributed by atoms with E-state index in [4.69, 9.17) is 0 Å². The van der Waals surface area contributed by atoms with Gasteiger partial charge in [-0.05, 0) is 18.2 Å². The lowest BCUT2D eigenvalue weighted by molar-refractivity contribution is 0.486. The SMILES string of the molecule is CC(C)c1nccc(N(C)C2CN(c3ccc4nncn4n3)C2)n1. The van der Waals surface area contributed by atoms with Crippen LogP contribution in [0.2, 0.25) is 0 Å². The first-order chi connectivity index (χ1) is 11.6. The molecule has 1 aliphatic rings. The van der Waals surface area contributed by atoms with E-state index in [0.29, 0.717) is 12.0 Å². The number of hydrogen-bond donors (Lipinski definition) is 0. The van der Waals surface area contributed by atoms with Crippen molar-refractivity contribution in [3.05, 3.63) is 36.5 Å². The minimum Gasteiger partial charge on any atom is -0.353 e. The summed E-state index contributed by atoms with van der Waals surface area (Å²) in [6.07, 6.45) is 3.46. The van der Waals surface area contributed by atoms with Crippen LogP contribution in [-0.2, 0) is 0 Å². The largest absolute Gasteiger partial charge is 0.353 e. The molecule has 1 aliphatic heterocycles. The van der Waals surface area contributed by atoms with Crippen LogP contribution in [0.3, 0.4) is 0 Å². The molecule has 0 saturated carbocycles. The number of nitrogens with zero attached hydrogens (tertiary/aromatic N) is 8. The zero-order valence-corrected chi connectivity index (χ0v) is 14.0. The first-order valence-corrected chi connectivity index (χ1v) is 8.09. The average Bonchev–Trinajstić information content (AvgIpc) is 3.01. The summed E-state index contributed by atoms with van der Waals surface area (Å²) < 4.78 is 1.70. The Labute approximate surface area is 140 Å². The van der Waals surface area contributed by atoms with Gasteiger partial charge in [-0.3, -0.25) is 0 Å². The van der Waals surface area contributed by atoms with Crippen molar-refractivity contribution in [3.8, 4) is 0 Å². The zero-order valence-electron chi connectivity index (χ0n) is 14.0. The van der Waals surface area contributed by atoms with E-state index in [1.807, 2.05) is 24.4 Å². The highest BCUT2D eigenvalue weighted by Gasteiger charge is 2.32. The molecule has 0 atom stereocenters. The second-order valence-electron chi connectivity index (χ2n) is 6.42. The highest BCUT2D eigenvalue weighted by molar-refractivity contribution is 5.50. The summed E-state index contributed by atoms with van der Waals surface area (Å²) in [5.74, 6) is 3.13. The van der Waals surface area contributed by atoms with Gasteiger partial charge in [0.1, 0.15) is 23.8 Å². The molecule has 1 fully saturated rings. The fraction of sp³-hybridized carbons (Fsp3) is 0.438. The van der Waals surface area contributed by atoms with Crippen molar-refractivity contribution in [1.29, 1.82) is 0 Å². The molecule has 0 amide bonds. The summed E-state index contributed by atoms with van der Waals surface area (Å²) in [6.45, 7) is 6.05. The number of likely N-dealkylation sites (N-methyl/N-ethyl adjacent to an activating group) is 1. The van der Waals surface area contributed by atoms with Gasteiger partial charge in [0.2, 0.25) is 0 Å². The summed E-state index contributed by atoms with van der Waals surface area (Å²) in [6, 6.07) is 6.31. The van der Waals surface area contributed by atoms with E-state index in [1.54, 1.807) is 10.8 Å². The average molecular weight is 324 g/mol. The van der Waals surface area contributed by atoms with Crippen molar-refractivity contribution in [1.82, 2.24) is 29.8 Å². The van der Waals surface area contributed by atoms with E-state index in [2.05, 4.69) is 56.0 Å². The Bertz CT molecular complexity index is 852. The van der Waals surface area contributed by atoms with Crippen LogP contribution < -0.4 is 9.80 Å². The van der Waals surface area contributed by atoms with Gasteiger partial charge < -0.3 is 9.80 Å². The van der Waals surface area contributed by atoms with Gasteiger partial charge in [-0.15, -0.1) is 15.3 Å². The van der Waals surface area contributed by atoms with Crippen LogP contribution in [0.25, 0.3) is 5.65 Å². The van der Waals surface area contributed by atoms with Crippen LogP contribution in [0.5, 0.6) is 0 Å². The fourth-order valence-corrected chi connectivity index (χ4v) is 2.80. The molecule has 0 aromatic carbocycles. The van der Waals surface area contributed by atoms with Gasteiger partial charge in [0.25, 0.3) is 0 Å². The zero-order chi connectivity index (χ0) is 16.7. The number of aromatic nitrogens is 6. The van der Waals surface area contributed by atoms with E-state index >= 15 is 0 Å². The molecule has 124 valence electrons. The Hall–Kier alpha value is -2.77. The molecule has 0 N–H and O–H groups in total. The monoisotopic (exact) mass is 324 g/mol. The summed E-state index contributed by atoms with van der Waals surface area (Å²) in [5.41, 5.74) is 0.759. The highest BCUT2D eigenvalue weighted by Crippen LogP contribution is 2.24. The molecular weight excluding hydrogens is 304 g/mol. The first-order valence-electron chi connectivity index (χ1n) is 8.09. The molecule has 8 heteroatoms. The van der Waals surface area contributed by atoms with Crippen molar-refractivity contribution in [3.63, 3.8) is 0 Å². The predicted octanol–water partition coefficient (Wildman–Crippen LogP) is 1.36. The lowest BCUT2D eigenvalue weighted by atomic mass is 10.1. The van der Waals surface area contributed by atoms with E-state index < -0.39 is 0 Å². The van der Waals surface area contributed by atoms with E-state index in [1.165, 1.54) is 0 Å². The number of fused-ring (bicyclic) bond motifs is 1. The molecule has 4 rings (SSSR count). The van der Waals surface area contributed by atoms with E-state index in [9.17, 15) is 0 Å². The Morgan fingerprint density at radius 3 is 2.83 bits per heavy atom. The van der Waals surface area contributed by atoms with Gasteiger partial charge in [-0.25, -0.2) is 9.97 Å². The van der Waals surface area contributed by atoms with Crippen molar-refractivity contribution in [2.75, 3.05) is 29.9 Å². The molecule has 0 unspecified atom stereocenters. The van der Waals surface area contributed by atoms with Crippen LogP contribution in [0.15, 0.2) is 30.7 Å². The second-order valence-corrected chi connectivity index (χ2v) is 6.42. The molecule has 8 nitrogen and oxygen atoms in total. The number of hydrogen-bond acceptors (Lipinski definition) is 7. The number of rotatable bonds is 4. The van der Waals surface area contributed by atoms with Crippen LogP contribution in [-0.4, -0.2) is 56.0 Å². The third kappa shape index (κ3) is 2.53. The van der Waals surface area contributed by atoms with Crippen molar-refractivity contribution < 1.29 is 0 Å². The third-order valence-corrected chi connectivity index (χ3v) is 4.42. The maximum Gasteiger partial charge on any atom is 0.177 e. The van der Waals surface area contributed by atoms with Crippen molar-refractivity contribution in [2.24, 2.45) is 0 Å². The minimum atomic E-state index is 0.330. The molecule has 3 aromatic heterocycles. The lowest BCUT2D eigenvalue weighted by Gasteiger charge is -2.45. The molecule has 0 aliphatic carbocycles. The van der Waals surface area contributed by atoms with Crippen LogP contribution in [0.1, 0.15) is 25.6 Å². The normalized spacial score (nSPS) is 15.1. The highest BCUT2D eigenvalue weighted by atomic mass is 15.4. The number of anilines is 2. The maximum atomic E-state index is 4.67. The standard InChI is InChI=1S/C16H20N8/c1-11(2)16-17-7-6-13(19-16)22(3)12-8-23(9-12)15-5-4-14-20-18-10-24(14)21-15/h4-7,10-12H,8-9H2,1-3H3. The topological polar surface area (TPSA) is 75.3 Å². The van der Waals surface area contributed by atoms with Crippen LogP contribution in [0.4, 0.5) is 11.6 Å². The summed E-state index contributed by atoms with van der Waals surface area (Å²) in [5, 5.41) is 12.4. The van der Waals surface area contributed by atoms with Gasteiger partial charge in [0.15, 0.2) is 5.65 Å². The smallest absolute Gasteiger partial charge is 0.177 e. The Morgan fingerprint density at radius 1 is 1.21 bits per heavy atom. The Balaban J connectivity index is 1.45. The first kappa shape index (κ1) is 14.8. The second kappa shape index (κ2) is 5.70. The quantitative estimate of drug-likeness (QED) is 0.717. The molecule has 0 spiro atoms. The molecular formula is C16H20N8. The third-order valence-electron chi connectivity index (χ3n) is 4.42. The summed E-state index contributed by atoms with van der Waals surface area (Å²) in [4.78, 5) is 13.5. The Morgan fingerprint density at radius 2 is 2.04 bits per heavy atom. The van der Waals surface area contributed by atoms with E-state index in [-0.39, 0.29) is 0 Å². The van der Waals surface area contributed by atoms with E-state index in [0.717, 1.165) is 36.2 Å². The molecule has 1 saturated heterocycles. The molecule has 3 aromatic rings. The van der Waals surface area contributed by atoms with Crippen molar-refractivity contribution in [2.45, 2.75) is 25.8 Å². The van der Waals surface area contributed by atoms with Gasteiger partial charge >= 0.3 is 0 Å². The maximum absolute atomic E-state index is 4.67. The van der Waals surface area contributed by atoms with Gasteiger partial charge in [-0.2, -0.15) is 4.52 Å². The van der Waals surface area contributed by atoms with Crippen molar-refractivity contribution >= 4 is 17.3 Å².